The molecule has 0 aromatic carbocycles. The fourth-order valence-electron chi connectivity index (χ4n) is 1.99. The van der Waals surface area contributed by atoms with E-state index in [2.05, 4.69) is 15.0 Å². The lowest BCUT2D eigenvalue weighted by Gasteiger charge is -2.15. The number of hydrogen-bond donors (Lipinski definition) is 1. The molecule has 3 heterocycles. The van der Waals surface area contributed by atoms with E-state index in [1.165, 1.54) is 6.33 Å². The first-order valence-corrected chi connectivity index (χ1v) is 7.87. The molecule has 1 aliphatic rings. The van der Waals surface area contributed by atoms with Gasteiger partial charge in [-0.1, -0.05) is 6.08 Å². The Kier molecular flexibility index (Phi) is 3.35. The van der Waals surface area contributed by atoms with E-state index in [0.29, 0.717) is 11.2 Å². The molecule has 0 spiro atoms. The first-order valence-electron chi connectivity index (χ1n) is 6.05. The summed E-state index contributed by atoms with van der Waals surface area (Å²) in [4.78, 5) is 12.1. The molecule has 0 bridgehead atoms. The average Bonchev–Trinajstić information content (AvgIpc) is 3.02. The highest BCUT2D eigenvalue weighted by molar-refractivity contribution is 7.85. The van der Waals surface area contributed by atoms with Crippen LogP contribution in [-0.2, 0) is 19.0 Å². The number of nitrogen functional groups attached to an aromatic ring is 1. The van der Waals surface area contributed by atoms with Gasteiger partial charge in [-0.15, -0.1) is 0 Å². The molecular weight excluding hydrogens is 298 g/mol. The summed E-state index contributed by atoms with van der Waals surface area (Å²) in [6, 6.07) is 0. The van der Waals surface area contributed by atoms with Crippen molar-refractivity contribution in [1.29, 1.82) is 0 Å². The normalized spacial score (nSPS) is 22.1. The molecule has 2 atom stereocenters. The highest BCUT2D eigenvalue weighted by Gasteiger charge is 2.24. The Bertz CT molecular complexity index is 800. The topological polar surface area (TPSA) is 122 Å². The zero-order valence-corrected chi connectivity index (χ0v) is 11.9. The predicted octanol–water partition coefficient (Wildman–Crippen LogP) is -0.162. The zero-order valence-electron chi connectivity index (χ0n) is 11.1. The molecule has 0 unspecified atom stereocenters. The first kappa shape index (κ1) is 13.9. The minimum Gasteiger partial charge on any atom is -0.382 e. The monoisotopic (exact) mass is 311 g/mol. The van der Waals surface area contributed by atoms with E-state index in [1.807, 2.05) is 0 Å². The van der Waals surface area contributed by atoms with Crippen molar-refractivity contribution >= 4 is 27.1 Å². The van der Waals surface area contributed by atoms with Gasteiger partial charge in [0.05, 0.1) is 19.2 Å². The quantitative estimate of drug-likeness (QED) is 0.610. The van der Waals surface area contributed by atoms with Crippen molar-refractivity contribution in [2.45, 2.75) is 12.3 Å². The predicted molar refractivity (Wildman–Crippen MR) is 73.6 cm³/mol. The van der Waals surface area contributed by atoms with Crippen molar-refractivity contribution in [3.05, 3.63) is 24.8 Å². The molecule has 112 valence electrons. The van der Waals surface area contributed by atoms with Gasteiger partial charge in [0.25, 0.3) is 10.1 Å². The minimum atomic E-state index is -3.49. The Balaban J connectivity index is 1.77. The van der Waals surface area contributed by atoms with Crippen molar-refractivity contribution in [2.75, 3.05) is 18.6 Å². The van der Waals surface area contributed by atoms with Gasteiger partial charge in [0.2, 0.25) is 0 Å². The van der Waals surface area contributed by atoms with Crippen molar-refractivity contribution in [2.24, 2.45) is 0 Å². The molecule has 0 amide bonds. The van der Waals surface area contributed by atoms with Gasteiger partial charge in [-0.2, -0.15) is 8.42 Å². The summed E-state index contributed by atoms with van der Waals surface area (Å²) in [6.07, 6.45) is 6.48. The highest BCUT2D eigenvalue weighted by atomic mass is 32.2. The molecule has 0 saturated carbocycles. The summed E-state index contributed by atoms with van der Waals surface area (Å²) in [5.74, 6) is 0.290. The summed E-state index contributed by atoms with van der Waals surface area (Å²) in [5, 5.41) is 0. The molecule has 10 heteroatoms. The van der Waals surface area contributed by atoms with E-state index in [-0.39, 0.29) is 12.4 Å². The fraction of sp³-hybridized carbons (Fsp3) is 0.364. The molecule has 9 nitrogen and oxygen atoms in total. The summed E-state index contributed by atoms with van der Waals surface area (Å²) in [7, 11) is -3.49. The second-order valence-corrected chi connectivity index (χ2v) is 6.17. The Morgan fingerprint density at radius 3 is 2.95 bits per heavy atom. The number of aromatic nitrogens is 4. The number of fused-ring (bicyclic) bond motifs is 1. The number of nitrogens with two attached hydrogens (primary N) is 1. The maximum Gasteiger partial charge on any atom is 0.264 e. The van der Waals surface area contributed by atoms with Crippen LogP contribution in [0.5, 0.6) is 0 Å². The molecule has 3 rings (SSSR count). The Morgan fingerprint density at radius 2 is 2.19 bits per heavy atom. The van der Waals surface area contributed by atoms with Gasteiger partial charge in [-0.3, -0.25) is 8.75 Å². The van der Waals surface area contributed by atoms with Crippen LogP contribution < -0.4 is 5.73 Å². The van der Waals surface area contributed by atoms with Crippen LogP contribution in [0.15, 0.2) is 24.8 Å². The van der Waals surface area contributed by atoms with Crippen LogP contribution in [0.25, 0.3) is 11.2 Å². The second kappa shape index (κ2) is 5.06. The van der Waals surface area contributed by atoms with Gasteiger partial charge in [-0.05, 0) is 6.08 Å². The van der Waals surface area contributed by atoms with Crippen molar-refractivity contribution in [1.82, 2.24) is 19.5 Å². The van der Waals surface area contributed by atoms with E-state index >= 15 is 0 Å². The van der Waals surface area contributed by atoms with Crippen molar-refractivity contribution in [3.63, 3.8) is 0 Å². The lowest BCUT2D eigenvalue weighted by molar-refractivity contribution is -0.0000498. The van der Waals surface area contributed by atoms with Crippen LogP contribution in [0, 0.1) is 0 Å². The van der Waals surface area contributed by atoms with Gasteiger partial charge in [-0.25, -0.2) is 15.0 Å². The molecule has 0 saturated heterocycles. The molecule has 21 heavy (non-hydrogen) atoms. The van der Waals surface area contributed by atoms with E-state index in [0.717, 1.165) is 6.26 Å². The van der Waals surface area contributed by atoms with Gasteiger partial charge in [0.15, 0.2) is 17.7 Å². The van der Waals surface area contributed by atoms with Crippen LogP contribution in [0.2, 0.25) is 0 Å². The lowest BCUT2D eigenvalue weighted by Crippen LogP contribution is -2.19. The first-order chi connectivity index (χ1) is 9.94. The highest BCUT2D eigenvalue weighted by Crippen LogP contribution is 2.25. The Morgan fingerprint density at radius 1 is 1.38 bits per heavy atom. The third-order valence-electron chi connectivity index (χ3n) is 2.91. The molecular formula is C11H13N5O4S. The molecule has 0 radical (unpaired) electrons. The van der Waals surface area contributed by atoms with Gasteiger partial charge in [0, 0.05) is 0 Å². The number of ether oxygens (including phenoxy) is 1. The SMILES string of the molecule is CS(=O)(=O)OC[C@@H]1C=C[C@H](n2cnc3c(N)ncnc32)O1. The molecule has 0 aliphatic carbocycles. The number of imidazole rings is 1. The summed E-state index contributed by atoms with van der Waals surface area (Å²) < 4.78 is 34.0. The molecule has 1 aliphatic heterocycles. The van der Waals surface area contributed by atoms with Crippen LogP contribution in [0.1, 0.15) is 6.23 Å². The Hall–Kier alpha value is -2.04. The van der Waals surface area contributed by atoms with Crippen LogP contribution in [-0.4, -0.2) is 46.9 Å². The maximum absolute atomic E-state index is 11.0. The molecule has 0 fully saturated rings. The zero-order chi connectivity index (χ0) is 15.0. The smallest absolute Gasteiger partial charge is 0.264 e. The molecule has 2 aromatic heterocycles. The van der Waals surface area contributed by atoms with Gasteiger partial charge < -0.3 is 10.5 Å². The van der Waals surface area contributed by atoms with Gasteiger partial charge >= 0.3 is 0 Å². The Labute approximate surface area is 120 Å². The van der Waals surface area contributed by atoms with Crippen molar-refractivity contribution < 1.29 is 17.3 Å². The van der Waals surface area contributed by atoms with E-state index < -0.39 is 22.4 Å². The summed E-state index contributed by atoms with van der Waals surface area (Å²) >= 11 is 0. The number of anilines is 1. The standard InChI is InChI=1S/C11H13N5O4S/c1-21(17,18)19-4-7-2-3-8(20-7)16-6-15-9-10(12)13-5-14-11(9)16/h2-3,5-8H,4H2,1H3,(H2,12,13,14)/t7-,8+/m0/s1. The second-order valence-electron chi connectivity index (χ2n) is 4.52. The van der Waals surface area contributed by atoms with Crippen LogP contribution in [0.3, 0.4) is 0 Å². The van der Waals surface area contributed by atoms with Crippen molar-refractivity contribution in [3.8, 4) is 0 Å². The summed E-state index contributed by atoms with van der Waals surface area (Å²) in [5.41, 5.74) is 6.75. The lowest BCUT2D eigenvalue weighted by atomic mass is 10.4. The fourth-order valence-corrected chi connectivity index (χ4v) is 2.37. The third-order valence-corrected chi connectivity index (χ3v) is 3.48. The van der Waals surface area contributed by atoms with Crippen LogP contribution >= 0.6 is 0 Å². The van der Waals surface area contributed by atoms with E-state index in [9.17, 15) is 8.42 Å². The number of nitrogens with zero attached hydrogens (tertiary/aromatic N) is 4. The molecule has 2 aromatic rings. The van der Waals surface area contributed by atoms with E-state index in [4.69, 9.17) is 14.7 Å². The summed E-state index contributed by atoms with van der Waals surface area (Å²) in [6.45, 7) is -0.0738. The third kappa shape index (κ3) is 2.86. The largest absolute Gasteiger partial charge is 0.382 e. The van der Waals surface area contributed by atoms with E-state index in [1.54, 1.807) is 23.0 Å². The average molecular weight is 311 g/mol. The number of hydrogen-bond acceptors (Lipinski definition) is 8. The molecule has 2 N–H and O–H groups in total. The number of rotatable bonds is 4. The maximum atomic E-state index is 11.0. The van der Waals surface area contributed by atoms with Gasteiger partial charge in [0.1, 0.15) is 17.9 Å². The minimum absolute atomic E-state index is 0.0738. The van der Waals surface area contributed by atoms with Crippen LogP contribution in [0.4, 0.5) is 5.82 Å².